The molecule has 5 nitrogen and oxygen atoms in total. The molecule has 1 fully saturated rings. The van der Waals surface area contributed by atoms with Crippen LogP contribution >= 0.6 is 11.6 Å². The number of carboxylic acid groups (broad SMARTS) is 1. The molecule has 1 heterocycles. The van der Waals surface area contributed by atoms with E-state index in [4.69, 9.17) is 16.7 Å². The van der Waals surface area contributed by atoms with Crippen LogP contribution in [0, 0.1) is 5.92 Å². The Morgan fingerprint density at radius 2 is 2.00 bits per heavy atom. The molecule has 1 saturated heterocycles. The van der Waals surface area contributed by atoms with Crippen LogP contribution in [-0.4, -0.2) is 46.2 Å². The zero-order valence-corrected chi connectivity index (χ0v) is 16.3. The number of unbranched alkanes of at least 4 members (excludes halogenated alkanes) is 3. The van der Waals surface area contributed by atoms with Gasteiger partial charge in [0.2, 0.25) is 5.91 Å². The summed E-state index contributed by atoms with van der Waals surface area (Å²) in [6.45, 7) is 1.46. The fourth-order valence-corrected chi connectivity index (χ4v) is 3.53. The first kappa shape index (κ1) is 21.5. The van der Waals surface area contributed by atoms with Crippen LogP contribution in [-0.2, 0) is 16.0 Å². The van der Waals surface area contributed by atoms with E-state index in [-0.39, 0.29) is 18.2 Å². The van der Waals surface area contributed by atoms with Crippen molar-refractivity contribution in [3.05, 3.63) is 47.0 Å². The van der Waals surface area contributed by atoms with Crippen LogP contribution in [0.4, 0.5) is 0 Å². The lowest BCUT2D eigenvalue weighted by Crippen LogP contribution is -2.28. The van der Waals surface area contributed by atoms with Crippen LogP contribution in [0.1, 0.15) is 44.1 Å². The first-order chi connectivity index (χ1) is 13.0. The quantitative estimate of drug-likeness (QED) is 0.444. The van der Waals surface area contributed by atoms with Crippen molar-refractivity contribution in [3.63, 3.8) is 0 Å². The molecule has 2 atom stereocenters. The highest BCUT2D eigenvalue weighted by Gasteiger charge is 2.29. The summed E-state index contributed by atoms with van der Waals surface area (Å²) in [5.74, 6) is -0.810. The minimum Gasteiger partial charge on any atom is -0.481 e. The average molecular weight is 394 g/mol. The van der Waals surface area contributed by atoms with Crippen molar-refractivity contribution in [1.29, 1.82) is 0 Å². The van der Waals surface area contributed by atoms with Crippen LogP contribution in [0.3, 0.4) is 0 Å². The van der Waals surface area contributed by atoms with Crippen molar-refractivity contribution in [1.82, 2.24) is 4.90 Å². The van der Waals surface area contributed by atoms with E-state index in [1.54, 1.807) is 12.1 Å². The monoisotopic (exact) mass is 393 g/mol. The maximum atomic E-state index is 12.4. The number of rotatable bonds is 11. The summed E-state index contributed by atoms with van der Waals surface area (Å²) in [5, 5.41) is 19.4. The molecule has 0 saturated carbocycles. The molecule has 1 aromatic rings. The average Bonchev–Trinajstić information content (AvgIpc) is 2.98. The highest BCUT2D eigenvalue weighted by molar-refractivity contribution is 6.31. The number of likely N-dealkylation sites (tertiary alicyclic amines) is 1. The molecule has 0 aromatic heterocycles. The largest absolute Gasteiger partial charge is 0.481 e. The molecule has 1 aliphatic rings. The van der Waals surface area contributed by atoms with Crippen LogP contribution in [0.25, 0.3) is 0 Å². The topological polar surface area (TPSA) is 77.8 Å². The van der Waals surface area contributed by atoms with Crippen LogP contribution in [0.5, 0.6) is 0 Å². The van der Waals surface area contributed by atoms with E-state index in [1.807, 2.05) is 29.2 Å². The van der Waals surface area contributed by atoms with Gasteiger partial charge < -0.3 is 15.1 Å². The minimum atomic E-state index is -0.754. The van der Waals surface area contributed by atoms with E-state index in [2.05, 4.69) is 0 Å². The van der Waals surface area contributed by atoms with Gasteiger partial charge in [-0.15, -0.1) is 0 Å². The predicted molar refractivity (Wildman–Crippen MR) is 106 cm³/mol. The van der Waals surface area contributed by atoms with Crippen LogP contribution in [0.2, 0.25) is 5.02 Å². The third-order valence-corrected chi connectivity index (χ3v) is 5.23. The molecule has 0 aliphatic carbocycles. The molecular formula is C21H28ClNO4. The summed E-state index contributed by atoms with van der Waals surface area (Å²) in [4.78, 5) is 24.8. The van der Waals surface area contributed by atoms with Crippen LogP contribution < -0.4 is 0 Å². The SMILES string of the molecule is O=C(O)CCCCCCN1CCC(C=C[C@H](O)Cc2ccccc2Cl)C1=O. The fourth-order valence-electron chi connectivity index (χ4n) is 3.32. The number of nitrogens with zero attached hydrogens (tertiary/aromatic N) is 1. The molecule has 0 radical (unpaired) electrons. The third-order valence-electron chi connectivity index (χ3n) is 4.86. The van der Waals surface area contributed by atoms with Crippen molar-refractivity contribution in [3.8, 4) is 0 Å². The molecular weight excluding hydrogens is 366 g/mol. The molecule has 1 aliphatic heterocycles. The van der Waals surface area contributed by atoms with E-state index < -0.39 is 12.1 Å². The van der Waals surface area contributed by atoms with E-state index in [0.29, 0.717) is 17.9 Å². The molecule has 1 amide bonds. The lowest BCUT2D eigenvalue weighted by Gasteiger charge is -2.16. The van der Waals surface area contributed by atoms with Gasteiger partial charge >= 0.3 is 5.97 Å². The predicted octanol–water partition coefficient (Wildman–Crippen LogP) is 3.68. The summed E-state index contributed by atoms with van der Waals surface area (Å²) in [6, 6.07) is 7.43. The number of halogens is 1. The first-order valence-corrected chi connectivity index (χ1v) is 9.95. The molecule has 0 bridgehead atoms. The summed E-state index contributed by atoms with van der Waals surface area (Å²) >= 11 is 6.11. The van der Waals surface area contributed by atoms with Crippen molar-refractivity contribution in [2.24, 2.45) is 5.92 Å². The van der Waals surface area contributed by atoms with Gasteiger partial charge in [0, 0.05) is 31.0 Å². The lowest BCUT2D eigenvalue weighted by molar-refractivity contribution is -0.137. The third kappa shape index (κ3) is 7.35. The molecule has 0 spiro atoms. The van der Waals surface area contributed by atoms with Gasteiger partial charge in [-0.05, 0) is 30.9 Å². The first-order valence-electron chi connectivity index (χ1n) is 9.57. The molecule has 6 heteroatoms. The number of carbonyl (C=O) groups excluding carboxylic acids is 1. The van der Waals surface area contributed by atoms with E-state index >= 15 is 0 Å². The maximum Gasteiger partial charge on any atom is 0.303 e. The van der Waals surface area contributed by atoms with Gasteiger partial charge in [-0.3, -0.25) is 9.59 Å². The summed E-state index contributed by atoms with van der Waals surface area (Å²) < 4.78 is 0. The Labute approximate surface area is 165 Å². The number of aliphatic carboxylic acids is 1. The zero-order chi connectivity index (χ0) is 19.6. The van der Waals surface area contributed by atoms with E-state index in [0.717, 1.165) is 44.3 Å². The number of aliphatic hydroxyl groups excluding tert-OH is 1. The van der Waals surface area contributed by atoms with Gasteiger partial charge in [-0.2, -0.15) is 0 Å². The number of hydrogen-bond donors (Lipinski definition) is 2. The smallest absolute Gasteiger partial charge is 0.303 e. The second-order valence-electron chi connectivity index (χ2n) is 7.03. The van der Waals surface area contributed by atoms with Crippen molar-refractivity contribution in [2.75, 3.05) is 13.1 Å². The molecule has 2 rings (SSSR count). The summed E-state index contributed by atoms with van der Waals surface area (Å²) in [7, 11) is 0. The molecule has 27 heavy (non-hydrogen) atoms. The fraction of sp³-hybridized carbons (Fsp3) is 0.524. The summed E-state index contributed by atoms with van der Waals surface area (Å²) in [5.41, 5.74) is 0.888. The van der Waals surface area contributed by atoms with Crippen LogP contribution in [0.15, 0.2) is 36.4 Å². The standard InChI is InChI=1S/C21H28ClNO4/c22-19-8-5-4-7-17(19)15-18(24)11-10-16-12-14-23(21(16)27)13-6-2-1-3-9-20(25)26/h4-5,7-8,10-11,16,18,24H,1-3,6,9,12-15H2,(H,25,26)/t16?,18-/m0/s1. The zero-order valence-electron chi connectivity index (χ0n) is 15.5. The van der Waals surface area contributed by atoms with Gasteiger partial charge in [0.1, 0.15) is 0 Å². The number of carboxylic acids is 1. The Kier molecular flexibility index (Phi) is 8.82. The van der Waals surface area contributed by atoms with E-state index in [9.17, 15) is 14.7 Å². The normalized spacial score (nSPS) is 18.4. The number of aliphatic hydroxyl groups is 1. The Bertz CT molecular complexity index is 661. The van der Waals surface area contributed by atoms with Crippen molar-refractivity contribution in [2.45, 2.75) is 51.0 Å². The Hall–Kier alpha value is -1.85. The van der Waals surface area contributed by atoms with Crippen molar-refractivity contribution < 1.29 is 19.8 Å². The summed E-state index contributed by atoms with van der Waals surface area (Å²) in [6.07, 6.45) is 7.67. The molecule has 2 N–H and O–H groups in total. The Balaban J connectivity index is 1.70. The number of amides is 1. The Morgan fingerprint density at radius 1 is 1.26 bits per heavy atom. The van der Waals surface area contributed by atoms with Gasteiger partial charge in [0.15, 0.2) is 0 Å². The van der Waals surface area contributed by atoms with E-state index in [1.165, 1.54) is 0 Å². The maximum absolute atomic E-state index is 12.4. The van der Waals surface area contributed by atoms with Gasteiger partial charge in [0.25, 0.3) is 0 Å². The highest BCUT2D eigenvalue weighted by atomic mass is 35.5. The van der Waals surface area contributed by atoms with Gasteiger partial charge in [-0.25, -0.2) is 0 Å². The molecule has 1 aromatic carbocycles. The highest BCUT2D eigenvalue weighted by Crippen LogP contribution is 2.21. The number of carbonyl (C=O) groups is 2. The Morgan fingerprint density at radius 3 is 2.74 bits per heavy atom. The second-order valence-corrected chi connectivity index (χ2v) is 7.43. The van der Waals surface area contributed by atoms with Gasteiger partial charge in [0.05, 0.1) is 12.0 Å². The molecule has 148 valence electrons. The lowest BCUT2D eigenvalue weighted by atomic mass is 10.0. The number of hydrogen-bond acceptors (Lipinski definition) is 3. The van der Waals surface area contributed by atoms with Crippen molar-refractivity contribution >= 4 is 23.5 Å². The second kappa shape index (κ2) is 11.1. The number of benzene rings is 1. The minimum absolute atomic E-state index is 0.113. The van der Waals surface area contributed by atoms with Gasteiger partial charge in [-0.1, -0.05) is 54.8 Å². The molecule has 1 unspecified atom stereocenters.